The number of allylic oxidation sites excluding steroid dienone is 2. The number of nitrogens with one attached hydrogen (secondary N) is 1. The Morgan fingerprint density at radius 3 is 2.79 bits per heavy atom. The third kappa shape index (κ3) is 4.27. The number of fused-ring (bicyclic) bond motifs is 3. The summed E-state index contributed by atoms with van der Waals surface area (Å²) in [6, 6.07) is 20.9. The van der Waals surface area contributed by atoms with Gasteiger partial charge in [-0.3, -0.25) is 4.99 Å². The molecule has 0 radical (unpaired) electrons. The molecule has 1 aliphatic carbocycles. The Labute approximate surface area is 205 Å². The quantitative estimate of drug-likeness (QED) is 0.242. The Morgan fingerprint density at radius 1 is 1.18 bits per heavy atom. The molecule has 0 saturated carbocycles. The lowest BCUT2D eigenvalue weighted by atomic mass is 9.77. The molecule has 0 spiro atoms. The van der Waals surface area contributed by atoms with Crippen molar-refractivity contribution < 1.29 is 9.47 Å². The maximum Gasteiger partial charge on any atom is 0.181 e. The van der Waals surface area contributed by atoms with Crippen molar-refractivity contribution in [2.24, 2.45) is 10.9 Å². The molecule has 0 aromatic heterocycles. The molecule has 3 aromatic rings. The summed E-state index contributed by atoms with van der Waals surface area (Å²) in [6.07, 6.45) is 12.8. The molecule has 0 amide bonds. The second-order valence-electron chi connectivity index (χ2n) is 8.44. The van der Waals surface area contributed by atoms with Crippen molar-refractivity contribution in [2.45, 2.75) is 18.4 Å². The van der Waals surface area contributed by atoms with Gasteiger partial charge in [0.1, 0.15) is 6.61 Å². The van der Waals surface area contributed by atoms with Gasteiger partial charge in [0.25, 0.3) is 0 Å². The molecule has 0 saturated heterocycles. The van der Waals surface area contributed by atoms with Gasteiger partial charge in [0.2, 0.25) is 0 Å². The number of para-hydroxylation sites is 1. The minimum Gasteiger partial charge on any atom is -0.493 e. The molecule has 5 rings (SSSR count). The van der Waals surface area contributed by atoms with Gasteiger partial charge in [-0.25, -0.2) is 0 Å². The van der Waals surface area contributed by atoms with Crippen LogP contribution in [-0.2, 0) is 0 Å². The summed E-state index contributed by atoms with van der Waals surface area (Å²) in [5.74, 6) is 4.37. The smallest absolute Gasteiger partial charge is 0.181 e. The summed E-state index contributed by atoms with van der Waals surface area (Å²) in [5, 5.41) is 4.20. The number of hydrogen-bond acceptors (Lipinski definition) is 4. The van der Waals surface area contributed by atoms with Crippen LogP contribution in [0.15, 0.2) is 77.8 Å². The molecule has 0 bridgehead atoms. The lowest BCUT2D eigenvalue weighted by Crippen LogP contribution is -2.28. The van der Waals surface area contributed by atoms with Gasteiger partial charge in [-0.15, -0.1) is 6.42 Å². The number of halogens is 1. The van der Waals surface area contributed by atoms with Crippen LogP contribution in [0.2, 0.25) is 5.02 Å². The number of aliphatic imine (C=N–C) groups is 1. The van der Waals surface area contributed by atoms with Crippen LogP contribution in [0.25, 0.3) is 0 Å². The van der Waals surface area contributed by atoms with Gasteiger partial charge in [0.15, 0.2) is 11.5 Å². The molecule has 3 aromatic carbocycles. The number of rotatable bonds is 6. The summed E-state index contributed by atoms with van der Waals surface area (Å²) in [6.45, 7) is 0.120. The van der Waals surface area contributed by atoms with Gasteiger partial charge in [0, 0.05) is 17.8 Å². The average molecular weight is 469 g/mol. The van der Waals surface area contributed by atoms with Crippen LogP contribution in [0.1, 0.15) is 35.1 Å². The Hall–Kier alpha value is -3.68. The Balaban J connectivity index is 1.34. The normalized spacial score (nSPS) is 20.3. The molecular formula is C29H25ClN2O2. The van der Waals surface area contributed by atoms with Gasteiger partial charge in [-0.2, -0.15) is 0 Å². The lowest BCUT2D eigenvalue weighted by Gasteiger charge is -2.37. The average Bonchev–Trinajstić information content (AvgIpc) is 3.37. The van der Waals surface area contributed by atoms with Crippen LogP contribution in [0, 0.1) is 18.3 Å². The van der Waals surface area contributed by atoms with Crippen molar-refractivity contribution in [3.05, 3.63) is 94.5 Å². The van der Waals surface area contributed by atoms with Crippen molar-refractivity contribution >= 4 is 29.2 Å². The van der Waals surface area contributed by atoms with Gasteiger partial charge in [-0.05, 0) is 59.4 Å². The van der Waals surface area contributed by atoms with E-state index in [2.05, 4.69) is 76.9 Å². The van der Waals surface area contributed by atoms with Crippen molar-refractivity contribution in [2.75, 3.05) is 19.0 Å². The molecule has 2 aliphatic rings. The fourth-order valence-corrected chi connectivity index (χ4v) is 5.13. The van der Waals surface area contributed by atoms with Crippen LogP contribution in [0.5, 0.6) is 11.5 Å². The van der Waals surface area contributed by atoms with E-state index in [0.29, 0.717) is 28.4 Å². The van der Waals surface area contributed by atoms with E-state index >= 15 is 0 Å². The largest absolute Gasteiger partial charge is 0.493 e. The number of terminal acetylenes is 1. The predicted molar refractivity (Wildman–Crippen MR) is 139 cm³/mol. The SMILES string of the molecule is C#CCOc1c(Cl)cc(C=Nc2ccc([C@@H]3Nc4ccccc4[C@@H]4C=CC[C@H]43)cc2)cc1OC. The van der Waals surface area contributed by atoms with Gasteiger partial charge in [-0.1, -0.05) is 60.0 Å². The summed E-state index contributed by atoms with van der Waals surface area (Å²) < 4.78 is 10.9. The molecule has 4 nitrogen and oxygen atoms in total. The third-order valence-corrected chi connectivity index (χ3v) is 6.72. The Bertz CT molecular complexity index is 1290. The lowest BCUT2D eigenvalue weighted by molar-refractivity contribution is 0.331. The maximum atomic E-state index is 6.37. The number of methoxy groups -OCH3 is 1. The molecule has 1 N–H and O–H groups in total. The zero-order valence-electron chi connectivity index (χ0n) is 18.9. The van der Waals surface area contributed by atoms with Gasteiger partial charge >= 0.3 is 0 Å². The third-order valence-electron chi connectivity index (χ3n) is 6.44. The van der Waals surface area contributed by atoms with E-state index in [-0.39, 0.29) is 12.6 Å². The highest BCUT2D eigenvalue weighted by molar-refractivity contribution is 6.32. The highest BCUT2D eigenvalue weighted by atomic mass is 35.5. The second kappa shape index (κ2) is 9.67. The number of anilines is 1. The van der Waals surface area contributed by atoms with Gasteiger partial charge in [0.05, 0.1) is 23.9 Å². The van der Waals surface area contributed by atoms with Crippen molar-refractivity contribution in [1.82, 2.24) is 0 Å². The minimum absolute atomic E-state index is 0.120. The highest BCUT2D eigenvalue weighted by Crippen LogP contribution is 2.49. The molecule has 170 valence electrons. The minimum atomic E-state index is 0.120. The van der Waals surface area contributed by atoms with E-state index in [9.17, 15) is 0 Å². The first-order valence-electron chi connectivity index (χ1n) is 11.3. The van der Waals surface area contributed by atoms with Crippen LogP contribution in [0.3, 0.4) is 0 Å². The first-order chi connectivity index (χ1) is 16.7. The van der Waals surface area contributed by atoms with Crippen molar-refractivity contribution in [1.29, 1.82) is 0 Å². The molecule has 0 unspecified atom stereocenters. The van der Waals surface area contributed by atoms with E-state index < -0.39 is 0 Å². The summed E-state index contributed by atoms with van der Waals surface area (Å²) in [4.78, 5) is 4.63. The first kappa shape index (κ1) is 22.1. The number of ether oxygens (including phenoxy) is 2. The Morgan fingerprint density at radius 2 is 2.00 bits per heavy atom. The number of hydrogen-bond donors (Lipinski definition) is 1. The molecule has 0 fully saturated rings. The van der Waals surface area contributed by atoms with Crippen LogP contribution in [0.4, 0.5) is 11.4 Å². The number of nitrogens with zero attached hydrogens (tertiary/aromatic N) is 1. The topological polar surface area (TPSA) is 42.8 Å². The van der Waals surface area contributed by atoms with E-state index in [0.717, 1.165) is 17.7 Å². The van der Waals surface area contributed by atoms with E-state index in [4.69, 9.17) is 27.5 Å². The second-order valence-corrected chi connectivity index (χ2v) is 8.85. The predicted octanol–water partition coefficient (Wildman–Crippen LogP) is 6.94. The fourth-order valence-electron chi connectivity index (χ4n) is 4.86. The van der Waals surface area contributed by atoms with Crippen LogP contribution in [-0.4, -0.2) is 19.9 Å². The molecule has 5 heteroatoms. The van der Waals surface area contributed by atoms with Crippen LogP contribution >= 0.6 is 11.6 Å². The maximum absolute atomic E-state index is 6.37. The van der Waals surface area contributed by atoms with E-state index in [1.165, 1.54) is 16.8 Å². The monoisotopic (exact) mass is 468 g/mol. The summed E-state index contributed by atoms with van der Waals surface area (Å²) in [5.41, 5.74) is 5.56. The first-order valence-corrected chi connectivity index (χ1v) is 11.7. The molecule has 1 heterocycles. The fraction of sp³-hybridized carbons (Fsp3) is 0.207. The van der Waals surface area contributed by atoms with Crippen molar-refractivity contribution in [3.8, 4) is 23.8 Å². The molecule has 1 aliphatic heterocycles. The summed E-state index contributed by atoms with van der Waals surface area (Å²) >= 11 is 6.37. The summed E-state index contributed by atoms with van der Waals surface area (Å²) in [7, 11) is 1.57. The standard InChI is InChI=1S/C29H25ClN2O2/c1-3-15-34-29-25(30)16-19(17-27(29)33-2)18-31-21-13-11-20(12-14-21)28-24-9-6-8-22(24)23-7-4-5-10-26(23)32-28/h1,4-8,10-14,16-18,22,24,28,32H,9,15H2,2H3/t22-,24+,28-/m0/s1. The highest BCUT2D eigenvalue weighted by Gasteiger charge is 2.37. The molecular weight excluding hydrogens is 444 g/mol. The van der Waals surface area contributed by atoms with Gasteiger partial charge < -0.3 is 14.8 Å². The van der Waals surface area contributed by atoms with Crippen LogP contribution < -0.4 is 14.8 Å². The molecule has 34 heavy (non-hydrogen) atoms. The van der Waals surface area contributed by atoms with E-state index in [1.807, 2.05) is 6.07 Å². The zero-order chi connectivity index (χ0) is 23.5. The Kier molecular flexibility index (Phi) is 6.29. The van der Waals surface area contributed by atoms with Crippen molar-refractivity contribution in [3.63, 3.8) is 0 Å². The molecule has 3 atom stereocenters. The number of benzene rings is 3. The zero-order valence-corrected chi connectivity index (χ0v) is 19.6. The van der Waals surface area contributed by atoms with E-state index in [1.54, 1.807) is 19.4 Å².